The molecule has 1 amide bonds. The zero-order valence-corrected chi connectivity index (χ0v) is 14.2. The molecule has 0 bridgehead atoms. The first-order chi connectivity index (χ1) is 11.9. The minimum Gasteiger partial charge on any atom is -0.482 e. The van der Waals surface area contributed by atoms with Crippen LogP contribution in [0.4, 0.5) is 5.69 Å². The molecule has 1 N–H and O–H groups in total. The fraction of sp³-hybridized carbons (Fsp3) is 0.400. The second-order valence-electron chi connectivity index (χ2n) is 6.02. The number of carbonyl (C=O) groups is 1. The molecular weight excluding hydrogens is 348 g/mol. The first-order valence-corrected chi connectivity index (χ1v) is 9.29. The van der Waals surface area contributed by atoms with Crippen molar-refractivity contribution < 1.29 is 22.5 Å². The van der Waals surface area contributed by atoms with Crippen molar-refractivity contribution in [2.75, 3.05) is 11.5 Å². The molecular formula is C15H16N4O5S. The van der Waals surface area contributed by atoms with E-state index in [1.165, 1.54) is 17.0 Å². The van der Waals surface area contributed by atoms with Gasteiger partial charge in [0.15, 0.2) is 12.4 Å². The Morgan fingerprint density at radius 3 is 2.84 bits per heavy atom. The summed E-state index contributed by atoms with van der Waals surface area (Å²) in [5, 5.41) is 3.78. The standard InChI is InChI=1S/C15H16N4O5S/c1-9-16-14(17-24-9)7-19-12-6-11(25(21,22)18-10-2-3-10)4-5-13(12)23-8-15(19)20/h4-6,10,18H,2-3,7-8H2,1H3. The van der Waals surface area contributed by atoms with Gasteiger partial charge in [0.05, 0.1) is 17.1 Å². The maximum absolute atomic E-state index is 12.4. The van der Waals surface area contributed by atoms with Gasteiger partial charge in [-0.25, -0.2) is 13.1 Å². The summed E-state index contributed by atoms with van der Waals surface area (Å²) in [6.07, 6.45) is 1.68. The number of amides is 1. The van der Waals surface area contributed by atoms with Crippen LogP contribution in [0.25, 0.3) is 0 Å². The SMILES string of the molecule is Cc1nc(CN2C(=O)COc3ccc(S(=O)(=O)NC4CC4)cc32)no1. The van der Waals surface area contributed by atoms with Gasteiger partial charge in [-0.3, -0.25) is 9.69 Å². The molecule has 0 atom stereocenters. The largest absolute Gasteiger partial charge is 0.482 e. The Morgan fingerprint density at radius 2 is 2.16 bits per heavy atom. The van der Waals surface area contributed by atoms with Crippen molar-refractivity contribution in [1.29, 1.82) is 0 Å². The van der Waals surface area contributed by atoms with Crippen molar-refractivity contribution in [3.63, 3.8) is 0 Å². The zero-order valence-electron chi connectivity index (χ0n) is 13.4. The van der Waals surface area contributed by atoms with E-state index in [-0.39, 0.29) is 30.0 Å². The van der Waals surface area contributed by atoms with Gasteiger partial charge < -0.3 is 9.26 Å². The number of benzene rings is 1. The molecule has 0 saturated heterocycles. The van der Waals surface area contributed by atoms with Gasteiger partial charge in [-0.2, -0.15) is 4.98 Å². The van der Waals surface area contributed by atoms with Crippen molar-refractivity contribution in [3.8, 4) is 5.75 Å². The third-order valence-corrected chi connectivity index (χ3v) is 5.47. The smallest absolute Gasteiger partial charge is 0.265 e. The van der Waals surface area contributed by atoms with Crippen LogP contribution in [0.2, 0.25) is 0 Å². The van der Waals surface area contributed by atoms with Gasteiger partial charge in [0, 0.05) is 13.0 Å². The number of fused-ring (bicyclic) bond motifs is 1. The number of rotatable bonds is 5. The second-order valence-corrected chi connectivity index (χ2v) is 7.74. The molecule has 0 unspecified atom stereocenters. The molecule has 1 aromatic carbocycles. The molecule has 1 fully saturated rings. The molecule has 1 aliphatic heterocycles. The number of hydrogen-bond donors (Lipinski definition) is 1. The van der Waals surface area contributed by atoms with Gasteiger partial charge in [0.1, 0.15) is 5.75 Å². The Kier molecular flexibility index (Phi) is 3.73. The van der Waals surface area contributed by atoms with Gasteiger partial charge in [-0.1, -0.05) is 5.16 Å². The van der Waals surface area contributed by atoms with E-state index in [9.17, 15) is 13.2 Å². The van der Waals surface area contributed by atoms with E-state index in [1.54, 1.807) is 13.0 Å². The predicted octanol–water partition coefficient (Wildman–Crippen LogP) is 0.744. The number of sulfonamides is 1. The van der Waals surface area contributed by atoms with Gasteiger partial charge in [0.2, 0.25) is 15.9 Å². The minimum absolute atomic E-state index is 0.00248. The Labute approximate surface area is 144 Å². The van der Waals surface area contributed by atoms with E-state index >= 15 is 0 Å². The van der Waals surface area contributed by atoms with Crippen LogP contribution in [0.3, 0.4) is 0 Å². The summed E-state index contributed by atoms with van der Waals surface area (Å²) in [6, 6.07) is 4.45. The van der Waals surface area contributed by atoms with E-state index in [1.807, 2.05) is 0 Å². The highest BCUT2D eigenvalue weighted by Crippen LogP contribution is 2.35. The average molecular weight is 364 g/mol. The third kappa shape index (κ3) is 3.22. The summed E-state index contributed by atoms with van der Waals surface area (Å²) in [6.45, 7) is 1.60. The van der Waals surface area contributed by atoms with Crippen LogP contribution in [0.5, 0.6) is 5.75 Å². The maximum Gasteiger partial charge on any atom is 0.265 e. The molecule has 10 heteroatoms. The summed E-state index contributed by atoms with van der Waals surface area (Å²) in [4.78, 5) is 17.8. The third-order valence-electron chi connectivity index (χ3n) is 3.95. The van der Waals surface area contributed by atoms with E-state index in [0.29, 0.717) is 23.2 Å². The summed E-state index contributed by atoms with van der Waals surface area (Å²) in [5.41, 5.74) is 0.373. The van der Waals surface area contributed by atoms with Crippen LogP contribution in [-0.4, -0.2) is 37.1 Å². The number of nitrogens with zero attached hydrogens (tertiary/aromatic N) is 3. The molecule has 2 aromatic rings. The molecule has 9 nitrogen and oxygen atoms in total. The molecule has 132 valence electrons. The van der Waals surface area contributed by atoms with Crippen LogP contribution in [0.15, 0.2) is 27.6 Å². The van der Waals surface area contributed by atoms with Crippen molar-refractivity contribution in [2.24, 2.45) is 0 Å². The lowest BCUT2D eigenvalue weighted by atomic mass is 10.2. The summed E-state index contributed by atoms with van der Waals surface area (Å²) in [7, 11) is -3.63. The Hall–Kier alpha value is -2.46. The summed E-state index contributed by atoms with van der Waals surface area (Å²) < 4.78 is 37.8. The number of aryl methyl sites for hydroxylation is 1. The Balaban J connectivity index is 1.69. The summed E-state index contributed by atoms with van der Waals surface area (Å²) in [5.74, 6) is 0.855. The van der Waals surface area contributed by atoms with Crippen LogP contribution in [0, 0.1) is 6.92 Å². The first kappa shape index (κ1) is 16.0. The minimum atomic E-state index is -3.63. The fourth-order valence-electron chi connectivity index (χ4n) is 2.56. The van der Waals surface area contributed by atoms with Crippen LogP contribution < -0.4 is 14.4 Å². The molecule has 1 saturated carbocycles. The lowest BCUT2D eigenvalue weighted by Crippen LogP contribution is -2.38. The number of carbonyl (C=O) groups excluding carboxylic acids is 1. The number of aromatic nitrogens is 2. The first-order valence-electron chi connectivity index (χ1n) is 7.81. The van der Waals surface area contributed by atoms with E-state index < -0.39 is 10.0 Å². The highest BCUT2D eigenvalue weighted by molar-refractivity contribution is 7.89. The second kappa shape index (κ2) is 5.81. The monoisotopic (exact) mass is 364 g/mol. The number of ether oxygens (including phenoxy) is 1. The van der Waals surface area contributed by atoms with Crippen molar-refractivity contribution in [3.05, 3.63) is 29.9 Å². The van der Waals surface area contributed by atoms with Gasteiger partial charge >= 0.3 is 0 Å². The highest BCUT2D eigenvalue weighted by Gasteiger charge is 2.31. The molecule has 0 spiro atoms. The number of hydrogen-bond acceptors (Lipinski definition) is 7. The van der Waals surface area contributed by atoms with E-state index in [2.05, 4.69) is 14.9 Å². The molecule has 1 aliphatic carbocycles. The highest BCUT2D eigenvalue weighted by atomic mass is 32.2. The topological polar surface area (TPSA) is 115 Å². The lowest BCUT2D eigenvalue weighted by molar-refractivity contribution is -0.121. The quantitative estimate of drug-likeness (QED) is 0.832. The predicted molar refractivity (Wildman–Crippen MR) is 85.5 cm³/mol. The van der Waals surface area contributed by atoms with Gasteiger partial charge in [0.25, 0.3) is 5.91 Å². The molecule has 4 rings (SSSR count). The Morgan fingerprint density at radius 1 is 1.36 bits per heavy atom. The normalized spacial score (nSPS) is 17.3. The average Bonchev–Trinajstić information content (AvgIpc) is 3.28. The fourth-order valence-corrected chi connectivity index (χ4v) is 3.88. The lowest BCUT2D eigenvalue weighted by Gasteiger charge is -2.28. The van der Waals surface area contributed by atoms with E-state index in [0.717, 1.165) is 12.8 Å². The van der Waals surface area contributed by atoms with Crippen molar-refractivity contribution in [2.45, 2.75) is 37.2 Å². The molecule has 1 aromatic heterocycles. The molecule has 25 heavy (non-hydrogen) atoms. The molecule has 2 heterocycles. The van der Waals surface area contributed by atoms with Crippen molar-refractivity contribution >= 4 is 21.6 Å². The van der Waals surface area contributed by atoms with Crippen LogP contribution >= 0.6 is 0 Å². The van der Waals surface area contributed by atoms with Gasteiger partial charge in [-0.05, 0) is 31.0 Å². The molecule has 2 aliphatic rings. The number of anilines is 1. The van der Waals surface area contributed by atoms with Crippen LogP contribution in [-0.2, 0) is 21.4 Å². The van der Waals surface area contributed by atoms with Crippen molar-refractivity contribution in [1.82, 2.24) is 14.9 Å². The van der Waals surface area contributed by atoms with E-state index in [4.69, 9.17) is 9.26 Å². The Bertz CT molecular complexity index is 935. The van der Waals surface area contributed by atoms with Gasteiger partial charge in [-0.15, -0.1) is 0 Å². The maximum atomic E-state index is 12.4. The number of nitrogens with one attached hydrogen (secondary N) is 1. The van der Waals surface area contributed by atoms with Crippen LogP contribution in [0.1, 0.15) is 24.6 Å². The summed E-state index contributed by atoms with van der Waals surface area (Å²) >= 11 is 0. The zero-order chi connectivity index (χ0) is 17.6. The molecule has 0 radical (unpaired) electrons.